The van der Waals surface area contributed by atoms with Crippen LogP contribution in [0, 0.1) is 12.8 Å². The molecule has 2 fully saturated rings. The van der Waals surface area contributed by atoms with E-state index in [9.17, 15) is 0 Å². The fourth-order valence-electron chi connectivity index (χ4n) is 9.48. The minimum atomic E-state index is -4.06. The van der Waals surface area contributed by atoms with E-state index in [2.05, 4.69) is 76.0 Å². The molecule has 10 nitrogen and oxygen atoms in total. The minimum absolute atomic E-state index is 0.171. The Kier molecular flexibility index (Phi) is 15.8. The third kappa shape index (κ3) is 10.6. The van der Waals surface area contributed by atoms with Crippen LogP contribution in [0.15, 0.2) is 71.6 Å². The standard InChI is InChI=1S/C47H70N2O8SSi/c1-32(2)59(33(3)4,34(5)6)57-44-29-48-28-43(46(44)38-17-15-37(16-18-38)45(31-53-9)55-30-36-13-14-36)56-47(58(50,51)40-20-11-35(7)12-21-40)39-19-22-42-41(27-39)49(24-26-54-42)23-10-25-52-8/h11-12,15-22,27,32-34,36,43-48H,10,13-14,23-26,28-31H2,1-9H3/t43-,44+,45?,46+,47?/m0/s1. The second-order valence-corrected chi connectivity index (χ2v) is 25.2. The molecule has 2 aliphatic heterocycles. The van der Waals surface area contributed by atoms with Crippen molar-refractivity contribution < 1.29 is 36.5 Å². The number of fused-ring (bicyclic) bond motifs is 1. The number of rotatable bonds is 21. The number of nitrogens with zero attached hydrogens (tertiary/aromatic N) is 1. The SMILES string of the molecule is COCCCN1CCOc2ccc(C(O[C@H]3CNC[C@@H](O[Si](C(C)C)(C(C)C)C(C)C)[C@@H]3c3ccc(C(COC)OCC4CC4)cc3)S(=O)(=O)c3ccc(C)cc3)cc21. The lowest BCUT2D eigenvalue weighted by Crippen LogP contribution is -2.58. The van der Waals surface area contributed by atoms with Crippen LogP contribution in [0.3, 0.4) is 0 Å². The maximum absolute atomic E-state index is 15.0. The first-order valence-electron chi connectivity index (χ1n) is 21.9. The molecule has 0 bridgehead atoms. The van der Waals surface area contributed by atoms with E-state index < -0.39 is 29.7 Å². The van der Waals surface area contributed by atoms with Crippen molar-refractivity contribution in [2.24, 2.45) is 5.92 Å². The highest BCUT2D eigenvalue weighted by Gasteiger charge is 2.50. The Balaban J connectivity index is 1.43. The molecule has 1 N–H and O–H groups in total. The fraction of sp³-hybridized carbons (Fsp3) is 0.617. The third-order valence-corrected chi connectivity index (χ3v) is 20.7. The first-order chi connectivity index (χ1) is 28.3. The Hall–Kier alpha value is -2.81. The second-order valence-electron chi connectivity index (χ2n) is 17.8. The molecule has 2 heterocycles. The maximum atomic E-state index is 15.0. The Morgan fingerprint density at radius 1 is 0.847 bits per heavy atom. The lowest BCUT2D eigenvalue weighted by atomic mass is 9.85. The van der Waals surface area contributed by atoms with Gasteiger partial charge in [-0.2, -0.15) is 0 Å². The molecule has 6 rings (SSSR count). The van der Waals surface area contributed by atoms with Crippen LogP contribution in [-0.4, -0.2) is 95.8 Å². The quantitative estimate of drug-likeness (QED) is 0.0825. The van der Waals surface area contributed by atoms with Crippen molar-refractivity contribution in [2.45, 2.75) is 119 Å². The fourth-order valence-corrected chi connectivity index (χ4v) is 16.6. The van der Waals surface area contributed by atoms with E-state index in [0.29, 0.717) is 67.6 Å². The minimum Gasteiger partial charge on any atom is -0.490 e. The van der Waals surface area contributed by atoms with Gasteiger partial charge in [-0.25, -0.2) is 8.42 Å². The number of nitrogens with one attached hydrogen (secondary N) is 1. The van der Waals surface area contributed by atoms with E-state index in [1.54, 1.807) is 26.4 Å². The summed E-state index contributed by atoms with van der Waals surface area (Å²) in [5, 5.41) is 3.65. The van der Waals surface area contributed by atoms with Gasteiger partial charge in [0.15, 0.2) is 5.44 Å². The molecule has 59 heavy (non-hydrogen) atoms. The summed E-state index contributed by atoms with van der Waals surface area (Å²) in [5.41, 5.74) is 4.32. The molecule has 0 amide bonds. The molecule has 1 saturated carbocycles. The number of aryl methyl sites for hydroxylation is 1. The summed E-state index contributed by atoms with van der Waals surface area (Å²) in [4.78, 5) is 2.48. The van der Waals surface area contributed by atoms with E-state index in [1.807, 2.05) is 37.3 Å². The van der Waals surface area contributed by atoms with Crippen LogP contribution in [0.5, 0.6) is 5.75 Å². The van der Waals surface area contributed by atoms with Gasteiger partial charge in [0.25, 0.3) is 0 Å². The number of hydrogen-bond donors (Lipinski definition) is 1. The number of benzene rings is 3. The maximum Gasteiger partial charge on any atom is 0.209 e. The third-order valence-electron chi connectivity index (χ3n) is 12.7. The predicted octanol–water partition coefficient (Wildman–Crippen LogP) is 9.15. The van der Waals surface area contributed by atoms with E-state index in [0.717, 1.165) is 47.7 Å². The highest BCUT2D eigenvalue weighted by Crippen LogP contribution is 2.47. The normalized spacial score (nSPS) is 21.2. The lowest BCUT2D eigenvalue weighted by molar-refractivity contribution is -0.0365. The van der Waals surface area contributed by atoms with Gasteiger partial charge in [0.1, 0.15) is 18.5 Å². The van der Waals surface area contributed by atoms with Crippen LogP contribution in [-0.2, 0) is 33.2 Å². The zero-order valence-corrected chi connectivity index (χ0v) is 38.8. The van der Waals surface area contributed by atoms with Crippen LogP contribution >= 0.6 is 0 Å². The monoisotopic (exact) mass is 850 g/mol. The number of methoxy groups -OCH3 is 2. The van der Waals surface area contributed by atoms with Crippen LogP contribution in [0.4, 0.5) is 5.69 Å². The molecule has 5 atom stereocenters. The van der Waals surface area contributed by atoms with Crippen molar-refractivity contribution >= 4 is 23.8 Å². The Morgan fingerprint density at radius 2 is 1.51 bits per heavy atom. The molecule has 3 aromatic rings. The molecule has 0 radical (unpaired) electrons. The summed E-state index contributed by atoms with van der Waals surface area (Å²) in [6.45, 7) is 20.7. The van der Waals surface area contributed by atoms with Gasteiger partial charge in [0.05, 0.1) is 42.5 Å². The highest BCUT2D eigenvalue weighted by molar-refractivity contribution is 7.91. The van der Waals surface area contributed by atoms with Gasteiger partial charge >= 0.3 is 0 Å². The van der Waals surface area contributed by atoms with Crippen LogP contribution in [0.2, 0.25) is 16.6 Å². The Bertz CT molecular complexity index is 1860. The topological polar surface area (TPSA) is 105 Å². The first-order valence-corrected chi connectivity index (χ1v) is 25.5. The van der Waals surface area contributed by atoms with E-state index >= 15 is 8.42 Å². The van der Waals surface area contributed by atoms with Crippen molar-refractivity contribution in [3.8, 4) is 5.75 Å². The van der Waals surface area contributed by atoms with Gasteiger partial charge in [-0.15, -0.1) is 0 Å². The van der Waals surface area contributed by atoms with E-state index in [1.165, 1.54) is 12.8 Å². The number of hydrogen-bond acceptors (Lipinski definition) is 10. The number of anilines is 1. The average molecular weight is 851 g/mol. The first kappa shape index (κ1) is 45.7. The largest absolute Gasteiger partial charge is 0.490 e. The van der Waals surface area contributed by atoms with Gasteiger partial charge in [0, 0.05) is 46.4 Å². The number of sulfone groups is 1. The van der Waals surface area contributed by atoms with Crippen LogP contribution < -0.4 is 15.0 Å². The molecule has 0 aromatic heterocycles. The number of piperidine rings is 1. The molecule has 1 aliphatic carbocycles. The second kappa shape index (κ2) is 20.4. The van der Waals surface area contributed by atoms with Gasteiger partial charge in [0.2, 0.25) is 18.2 Å². The summed E-state index contributed by atoms with van der Waals surface area (Å²) in [6, 6.07) is 21.4. The molecule has 2 unspecified atom stereocenters. The molecule has 12 heteroatoms. The van der Waals surface area contributed by atoms with Crippen LogP contribution in [0.1, 0.15) is 101 Å². The summed E-state index contributed by atoms with van der Waals surface area (Å²) < 4.78 is 68.3. The van der Waals surface area contributed by atoms with Crippen LogP contribution in [0.25, 0.3) is 0 Å². The lowest BCUT2D eigenvalue weighted by Gasteiger charge is -2.49. The molecule has 1 saturated heterocycles. The van der Waals surface area contributed by atoms with E-state index in [-0.39, 0.29) is 23.0 Å². The Labute approximate surface area is 355 Å². The molecule has 326 valence electrons. The summed E-state index contributed by atoms with van der Waals surface area (Å²) >= 11 is 0. The van der Waals surface area contributed by atoms with Crippen molar-refractivity contribution in [1.82, 2.24) is 5.32 Å². The predicted molar refractivity (Wildman–Crippen MR) is 238 cm³/mol. The molecule has 0 spiro atoms. The van der Waals surface area contributed by atoms with Gasteiger partial charge < -0.3 is 38.3 Å². The van der Waals surface area contributed by atoms with Gasteiger partial charge in [-0.05, 0) is 89.7 Å². The molecular weight excluding hydrogens is 781 g/mol. The number of ether oxygens (including phenoxy) is 5. The van der Waals surface area contributed by atoms with Gasteiger partial charge in [-0.1, -0.05) is 89.6 Å². The van der Waals surface area contributed by atoms with Gasteiger partial charge in [-0.3, -0.25) is 0 Å². The van der Waals surface area contributed by atoms with Crippen molar-refractivity contribution in [3.05, 3.63) is 89.0 Å². The highest BCUT2D eigenvalue weighted by atomic mass is 32.2. The molecule has 3 aromatic carbocycles. The summed E-state index contributed by atoms with van der Waals surface area (Å²) in [6.07, 6.45) is 2.30. The summed E-state index contributed by atoms with van der Waals surface area (Å²) in [7, 11) is -3.03. The van der Waals surface area contributed by atoms with Crippen molar-refractivity contribution in [1.29, 1.82) is 0 Å². The molecule has 3 aliphatic rings. The Morgan fingerprint density at radius 3 is 2.14 bits per heavy atom. The summed E-state index contributed by atoms with van der Waals surface area (Å²) in [5.74, 6) is 1.11. The molecular formula is C47H70N2O8SSi. The van der Waals surface area contributed by atoms with Crippen molar-refractivity contribution in [2.75, 3.05) is 71.7 Å². The van der Waals surface area contributed by atoms with Crippen molar-refractivity contribution in [3.63, 3.8) is 0 Å². The zero-order chi connectivity index (χ0) is 42.3. The average Bonchev–Trinajstić information content (AvgIpc) is 4.05. The van der Waals surface area contributed by atoms with E-state index in [4.69, 9.17) is 28.1 Å². The smallest absolute Gasteiger partial charge is 0.209 e. The zero-order valence-electron chi connectivity index (χ0n) is 36.9.